The van der Waals surface area contributed by atoms with E-state index in [-0.39, 0.29) is 0 Å². The van der Waals surface area contributed by atoms with Gasteiger partial charge in [-0.3, -0.25) is 4.99 Å². The summed E-state index contributed by atoms with van der Waals surface area (Å²) in [5, 5.41) is 32.5. The number of hydrogen-bond donors (Lipinski definition) is 4. The van der Waals surface area contributed by atoms with Gasteiger partial charge in [-0.15, -0.1) is 11.3 Å². The Bertz CT molecular complexity index is 642. The van der Waals surface area contributed by atoms with Gasteiger partial charge in [-0.1, -0.05) is 11.6 Å². The number of carbonyl (C=O) groups is 2. The minimum Gasteiger partial charge on any atom is -0.479 e. The number of aliphatic imine (C=N–C) groups is 1. The SMILES string of the molecule is CN1CCCN=C1/C=C/c1ccc(Cl)s1.O=C(O)C(O)C(O)C(=O)O. The van der Waals surface area contributed by atoms with Crippen molar-refractivity contribution >= 4 is 46.8 Å². The minimum absolute atomic E-state index is 0.827. The van der Waals surface area contributed by atoms with Crippen LogP contribution in [0.4, 0.5) is 0 Å². The monoisotopic (exact) mass is 390 g/mol. The first kappa shape index (κ1) is 21.1. The molecule has 138 valence electrons. The smallest absolute Gasteiger partial charge is 0.335 e. The fraction of sp³-hybridized carbons (Fsp3) is 0.400. The number of hydrogen-bond acceptors (Lipinski definition) is 7. The van der Waals surface area contributed by atoms with Gasteiger partial charge in [-0.2, -0.15) is 0 Å². The number of carboxylic acids is 2. The molecule has 2 heterocycles. The molecule has 1 aromatic rings. The van der Waals surface area contributed by atoms with E-state index in [1.807, 2.05) is 12.1 Å². The maximum Gasteiger partial charge on any atom is 0.335 e. The van der Waals surface area contributed by atoms with Crippen molar-refractivity contribution in [2.75, 3.05) is 20.1 Å². The molecule has 25 heavy (non-hydrogen) atoms. The summed E-state index contributed by atoms with van der Waals surface area (Å²) in [4.78, 5) is 27.3. The summed E-state index contributed by atoms with van der Waals surface area (Å²) < 4.78 is 0.827. The number of thiophene rings is 1. The Hall–Kier alpha value is -1.94. The Kier molecular flexibility index (Phi) is 8.56. The largest absolute Gasteiger partial charge is 0.479 e. The number of aliphatic hydroxyl groups is 2. The Morgan fingerprint density at radius 3 is 2.28 bits per heavy atom. The summed E-state index contributed by atoms with van der Waals surface area (Å²) in [5.41, 5.74) is 0. The molecule has 0 saturated carbocycles. The quantitative estimate of drug-likeness (QED) is 0.590. The van der Waals surface area contributed by atoms with E-state index in [2.05, 4.69) is 29.1 Å². The van der Waals surface area contributed by atoms with Crippen molar-refractivity contribution in [3.63, 3.8) is 0 Å². The van der Waals surface area contributed by atoms with E-state index in [1.165, 1.54) is 4.88 Å². The molecule has 0 fully saturated rings. The number of rotatable bonds is 5. The average molecular weight is 391 g/mol. The molecule has 0 spiro atoms. The summed E-state index contributed by atoms with van der Waals surface area (Å²) in [6.07, 6.45) is 0.743. The van der Waals surface area contributed by atoms with Crippen molar-refractivity contribution in [3.8, 4) is 0 Å². The Labute approximate surface area is 153 Å². The third-order valence-electron chi connectivity index (χ3n) is 3.11. The lowest BCUT2D eigenvalue weighted by atomic mass is 10.2. The van der Waals surface area contributed by atoms with Gasteiger partial charge in [0.15, 0.2) is 12.2 Å². The van der Waals surface area contributed by atoms with Crippen LogP contribution in [0.2, 0.25) is 4.34 Å². The summed E-state index contributed by atoms with van der Waals surface area (Å²) in [6, 6.07) is 3.94. The molecule has 1 aromatic heterocycles. The molecular formula is C15H19ClN2O6S. The van der Waals surface area contributed by atoms with Crippen molar-refractivity contribution < 1.29 is 30.0 Å². The fourth-order valence-corrected chi connectivity index (χ4v) is 2.72. The second-order valence-electron chi connectivity index (χ2n) is 5.06. The third kappa shape index (κ3) is 7.22. The lowest BCUT2D eigenvalue weighted by Gasteiger charge is -2.22. The van der Waals surface area contributed by atoms with Crippen LogP contribution in [0.5, 0.6) is 0 Å². The van der Waals surface area contributed by atoms with E-state index in [1.54, 1.807) is 11.3 Å². The lowest BCUT2D eigenvalue weighted by molar-refractivity contribution is -0.165. The maximum atomic E-state index is 9.77. The minimum atomic E-state index is -2.27. The van der Waals surface area contributed by atoms with E-state index < -0.39 is 24.1 Å². The summed E-state index contributed by atoms with van der Waals surface area (Å²) in [7, 11) is 2.07. The number of halogens is 1. The number of nitrogens with zero attached hydrogens (tertiary/aromatic N) is 2. The van der Waals surface area contributed by atoms with Gasteiger partial charge in [0, 0.05) is 25.0 Å². The number of aliphatic carboxylic acids is 2. The van der Waals surface area contributed by atoms with Crippen LogP contribution >= 0.6 is 22.9 Å². The maximum absolute atomic E-state index is 9.77. The van der Waals surface area contributed by atoms with Crippen LogP contribution < -0.4 is 0 Å². The average Bonchev–Trinajstić information content (AvgIpc) is 2.98. The van der Waals surface area contributed by atoms with E-state index in [0.29, 0.717) is 0 Å². The van der Waals surface area contributed by atoms with Gasteiger partial charge in [0.1, 0.15) is 5.84 Å². The Balaban J connectivity index is 0.000000275. The van der Waals surface area contributed by atoms with E-state index >= 15 is 0 Å². The van der Waals surface area contributed by atoms with Crippen LogP contribution in [0, 0.1) is 0 Å². The van der Waals surface area contributed by atoms with Crippen LogP contribution in [0.1, 0.15) is 11.3 Å². The highest BCUT2D eigenvalue weighted by Gasteiger charge is 2.29. The summed E-state index contributed by atoms with van der Waals surface area (Å²) in [5.74, 6) is -2.48. The predicted octanol–water partition coefficient (Wildman–Crippen LogP) is 1.03. The van der Waals surface area contributed by atoms with Gasteiger partial charge >= 0.3 is 11.9 Å². The fourth-order valence-electron chi connectivity index (χ4n) is 1.76. The van der Waals surface area contributed by atoms with Gasteiger partial charge in [0.25, 0.3) is 0 Å². The molecule has 0 amide bonds. The topological polar surface area (TPSA) is 131 Å². The summed E-state index contributed by atoms with van der Waals surface area (Å²) >= 11 is 7.44. The molecule has 0 aliphatic carbocycles. The van der Waals surface area contributed by atoms with Gasteiger partial charge < -0.3 is 25.3 Å². The van der Waals surface area contributed by atoms with E-state index in [4.69, 9.17) is 32.0 Å². The standard InChI is InChI=1S/C11H13ClN2S.C4H6O6/c1-14-8-2-7-13-11(14)6-4-9-3-5-10(12)15-9;5-1(3(7)8)2(6)4(9)10/h3-6H,2,7-8H2,1H3;1-2,5-6H,(H,7,8)(H,9,10)/b6-4+;. The Morgan fingerprint density at radius 2 is 1.84 bits per heavy atom. The second-order valence-corrected chi connectivity index (χ2v) is 6.80. The molecule has 1 aliphatic heterocycles. The molecule has 2 atom stereocenters. The van der Waals surface area contributed by atoms with Crippen molar-refractivity contribution in [1.82, 2.24) is 4.90 Å². The molecule has 0 bridgehead atoms. The number of likely N-dealkylation sites (N-methyl/N-ethyl adjacent to an activating group) is 1. The number of amidine groups is 1. The molecule has 2 unspecified atom stereocenters. The molecule has 1 aliphatic rings. The van der Waals surface area contributed by atoms with Gasteiger partial charge in [0.2, 0.25) is 0 Å². The van der Waals surface area contributed by atoms with E-state index in [9.17, 15) is 9.59 Å². The lowest BCUT2D eigenvalue weighted by Crippen LogP contribution is -2.39. The van der Waals surface area contributed by atoms with Crippen molar-refractivity contribution in [3.05, 3.63) is 27.4 Å². The first-order chi connectivity index (χ1) is 11.7. The van der Waals surface area contributed by atoms with Crippen LogP contribution in [-0.4, -0.2) is 75.4 Å². The highest BCUT2D eigenvalue weighted by molar-refractivity contribution is 7.17. The van der Waals surface area contributed by atoms with Gasteiger partial charge in [0.05, 0.1) is 4.34 Å². The molecule has 0 aromatic carbocycles. The van der Waals surface area contributed by atoms with Crippen LogP contribution in [0.25, 0.3) is 6.08 Å². The highest BCUT2D eigenvalue weighted by atomic mass is 35.5. The zero-order valence-electron chi connectivity index (χ0n) is 13.4. The molecule has 4 N–H and O–H groups in total. The summed E-state index contributed by atoms with van der Waals surface area (Å²) in [6.45, 7) is 2.03. The van der Waals surface area contributed by atoms with Gasteiger partial charge in [-0.25, -0.2) is 9.59 Å². The van der Waals surface area contributed by atoms with E-state index in [0.717, 1.165) is 29.7 Å². The normalized spacial score (nSPS) is 16.6. The van der Waals surface area contributed by atoms with Crippen LogP contribution in [0.3, 0.4) is 0 Å². The van der Waals surface area contributed by atoms with Crippen molar-refractivity contribution in [1.29, 1.82) is 0 Å². The molecule has 2 rings (SSSR count). The zero-order valence-corrected chi connectivity index (χ0v) is 14.9. The molecular weight excluding hydrogens is 372 g/mol. The number of carboxylic acid groups (broad SMARTS) is 2. The van der Waals surface area contributed by atoms with Gasteiger partial charge in [-0.05, 0) is 30.7 Å². The predicted molar refractivity (Wildman–Crippen MR) is 95.2 cm³/mol. The highest BCUT2D eigenvalue weighted by Crippen LogP contribution is 2.22. The zero-order chi connectivity index (χ0) is 19.0. The molecule has 0 saturated heterocycles. The first-order valence-corrected chi connectivity index (χ1v) is 8.42. The second kappa shape index (κ2) is 10.1. The number of aliphatic hydroxyl groups excluding tert-OH is 2. The van der Waals surface area contributed by atoms with Crippen LogP contribution in [-0.2, 0) is 9.59 Å². The Morgan fingerprint density at radius 1 is 1.24 bits per heavy atom. The first-order valence-electron chi connectivity index (χ1n) is 7.23. The molecule has 0 radical (unpaired) electrons. The van der Waals surface area contributed by atoms with Crippen LogP contribution in [0.15, 0.2) is 23.2 Å². The molecule has 10 heteroatoms. The van der Waals surface area contributed by atoms with Crippen molar-refractivity contribution in [2.45, 2.75) is 18.6 Å². The van der Waals surface area contributed by atoms with Crippen molar-refractivity contribution in [2.24, 2.45) is 4.99 Å². The molecule has 8 nitrogen and oxygen atoms in total. The third-order valence-corrected chi connectivity index (χ3v) is 4.31.